The van der Waals surface area contributed by atoms with Crippen LogP contribution in [0.4, 0.5) is 0 Å². The van der Waals surface area contributed by atoms with Crippen LogP contribution in [0.1, 0.15) is 106 Å². The first-order valence-electron chi connectivity index (χ1n) is 24.0. The van der Waals surface area contributed by atoms with Crippen molar-refractivity contribution < 1.29 is 91.6 Å². The van der Waals surface area contributed by atoms with E-state index in [2.05, 4.69) is 16.0 Å². The van der Waals surface area contributed by atoms with Crippen LogP contribution in [-0.4, -0.2) is 148 Å². The SMILES string of the molecule is CO[C@H]1/C=C/O[C@@]2(C)Oc3c(C)c(O)c4c(c3C2=O)C(=O)C(SCCNC(=S)NC2OC[C@@H](OC(C)=O)[C@@H](OC(C)=O)[C@@H]2OC(C)=O)=C(NC(=O)/C(C)=C\C=C\[C@H](C)[C@H](O)[C@@H](C)[C@@H](O)[C@@H](C)[C@H](OC(C)=O)[C@@H]1C)C4=O. The van der Waals surface area contributed by atoms with E-state index in [0.29, 0.717) is 0 Å². The molecule has 13 atom stereocenters. The summed E-state index contributed by atoms with van der Waals surface area (Å²) in [6, 6.07) is 0. The number of nitrogens with one attached hydrogen (secondary N) is 3. The predicted molar refractivity (Wildman–Crippen MR) is 271 cm³/mol. The number of hydrogen-bond donors (Lipinski definition) is 6. The second-order valence-electron chi connectivity index (χ2n) is 18.8. The molecule has 6 N–H and O–H groups in total. The molecule has 0 aromatic heterocycles. The molecule has 1 unspecified atom stereocenters. The van der Waals surface area contributed by atoms with Gasteiger partial charge in [-0.05, 0) is 32.1 Å². The van der Waals surface area contributed by atoms with Gasteiger partial charge in [0.25, 0.3) is 11.7 Å². The second kappa shape index (κ2) is 25.1. The third-order valence-corrected chi connectivity index (χ3v) is 14.5. The molecule has 1 aromatic rings. The number of ether oxygens (including phenoxy) is 8. The van der Waals surface area contributed by atoms with Gasteiger partial charge in [0.05, 0.1) is 52.8 Å². The van der Waals surface area contributed by atoms with Crippen LogP contribution in [0.15, 0.2) is 46.7 Å². The predicted octanol–water partition coefficient (Wildman–Crippen LogP) is 3.31. The van der Waals surface area contributed by atoms with Gasteiger partial charge in [-0.15, -0.1) is 11.8 Å². The fourth-order valence-electron chi connectivity index (χ4n) is 9.16. The number of ketones is 3. The summed E-state index contributed by atoms with van der Waals surface area (Å²) in [7, 11) is 1.39. The smallest absolute Gasteiger partial charge is 0.312 e. The number of carbonyl (C=O) groups is 8. The van der Waals surface area contributed by atoms with Crippen LogP contribution in [0, 0.1) is 30.6 Å². The molecule has 1 fully saturated rings. The minimum Gasteiger partial charge on any atom is -0.507 e. The van der Waals surface area contributed by atoms with Crippen molar-refractivity contribution in [1.29, 1.82) is 0 Å². The highest BCUT2D eigenvalue weighted by molar-refractivity contribution is 8.04. The van der Waals surface area contributed by atoms with E-state index in [1.54, 1.807) is 33.8 Å². The number of aliphatic hydroxyl groups is 2. The number of fused-ring (bicyclic) bond motifs is 14. The Bertz CT molecular complexity index is 2590. The number of Topliss-reactive ketones (excluding diaryl/α,β-unsaturated/α-hetero) is 3. The molecule has 4 heterocycles. The Hall–Kier alpha value is -6.18. The van der Waals surface area contributed by atoms with Crippen molar-refractivity contribution >= 4 is 76.2 Å². The number of phenols is 1. The third kappa shape index (κ3) is 13.4. The first-order valence-corrected chi connectivity index (χ1v) is 25.4. The summed E-state index contributed by atoms with van der Waals surface area (Å²) in [5, 5.41) is 42.9. The number of hydrogen-bond acceptors (Lipinski definition) is 21. The van der Waals surface area contributed by atoms with Crippen molar-refractivity contribution in [1.82, 2.24) is 16.0 Å². The number of aromatic hydroxyl groups is 1. The molecule has 1 aromatic carbocycles. The average Bonchev–Trinajstić information content (AvgIpc) is 3.60. The molecule has 1 amide bonds. The highest BCUT2D eigenvalue weighted by Gasteiger charge is 2.53. The first kappa shape index (κ1) is 59.7. The Morgan fingerprint density at radius 2 is 1.44 bits per heavy atom. The van der Waals surface area contributed by atoms with E-state index in [0.717, 1.165) is 38.8 Å². The van der Waals surface area contributed by atoms with Crippen molar-refractivity contribution in [2.45, 2.75) is 131 Å². The number of thiocarbonyl (C=S) groups is 1. The van der Waals surface area contributed by atoms with Gasteiger partial charge < -0.3 is 69.2 Å². The highest BCUT2D eigenvalue weighted by atomic mass is 32.2. The van der Waals surface area contributed by atoms with Gasteiger partial charge in [-0.1, -0.05) is 45.9 Å². The Morgan fingerprint density at radius 1 is 0.827 bits per heavy atom. The minimum atomic E-state index is -2.19. The van der Waals surface area contributed by atoms with E-state index < -0.39 is 148 Å². The monoisotopic (exact) mass is 1090 g/mol. The normalized spacial score (nSPS) is 31.8. The Balaban J connectivity index is 1.52. The summed E-state index contributed by atoms with van der Waals surface area (Å²) in [5.74, 6) is -12.5. The number of esters is 4. The fraction of sp³-hybridized carbons (Fsp3) is 0.549. The van der Waals surface area contributed by atoms with Gasteiger partial charge in [0.15, 0.2) is 29.7 Å². The van der Waals surface area contributed by atoms with E-state index in [-0.39, 0.29) is 51.4 Å². The molecule has 0 saturated carbocycles. The molecule has 4 aliphatic heterocycles. The maximum absolute atomic E-state index is 14.9. The summed E-state index contributed by atoms with van der Waals surface area (Å²) in [5.41, 5.74) is -1.99. The van der Waals surface area contributed by atoms with Crippen LogP contribution in [0.5, 0.6) is 11.5 Å². The average molecular weight is 1090 g/mol. The zero-order valence-corrected chi connectivity index (χ0v) is 45.3. The molecule has 75 heavy (non-hydrogen) atoms. The van der Waals surface area contributed by atoms with Gasteiger partial charge >= 0.3 is 29.7 Å². The number of carbonyl (C=O) groups excluding carboxylic acids is 8. The van der Waals surface area contributed by atoms with Gasteiger partial charge in [-0.3, -0.25) is 38.4 Å². The molecule has 0 radical (unpaired) electrons. The molecule has 0 spiro atoms. The molecular formula is C51H65N3O19S2. The van der Waals surface area contributed by atoms with Crippen LogP contribution in [0.25, 0.3) is 0 Å². The van der Waals surface area contributed by atoms with Gasteiger partial charge in [-0.2, -0.15) is 0 Å². The fourth-order valence-corrected chi connectivity index (χ4v) is 10.3. The topological polar surface area (TPSA) is 307 Å². The van der Waals surface area contributed by atoms with Gasteiger partial charge in [0, 0.05) is 88.8 Å². The number of rotatable bonds is 10. The van der Waals surface area contributed by atoms with Crippen molar-refractivity contribution in [2.24, 2.45) is 23.7 Å². The molecule has 5 bridgehead atoms. The minimum absolute atomic E-state index is 0.0435. The number of benzene rings is 1. The highest BCUT2D eigenvalue weighted by Crippen LogP contribution is 2.49. The summed E-state index contributed by atoms with van der Waals surface area (Å²) < 4.78 is 45.4. The molecule has 1 saturated heterocycles. The second-order valence-corrected chi connectivity index (χ2v) is 20.3. The standard InChI is InChI=1S/C51H65N3O19S2/c1-21-14-13-15-22(2)48(65)53-36-40(62)34-33(41(63)46(36)75-19-17-52-50(74)54-49-45(72-30(10)58)44(71-29(9)57)32(20-67-49)69-27(7)55)35-43(26(6)39(34)61)73-51(11,47(35)64)68-18-16-31(66-12)23(3)42(70-28(8)56)25(5)38(60)24(4)37(21)59/h13-16,18,21,23-25,31-32,37-38,42,44-45,49,59-61H,17,19-20H2,1-12H3,(H,53,65)(H2,52,54,74)/b14-13+,18-16+,22-15-/t21-,23+,24+,25+,31-,32+,37-,38+,42+,44+,45-,49?,51-/m0/s1. The zero-order chi connectivity index (χ0) is 56.0. The van der Waals surface area contributed by atoms with E-state index in [1.807, 2.05) is 0 Å². The first-order chi connectivity index (χ1) is 35.1. The van der Waals surface area contributed by atoms with Crippen LogP contribution < -0.4 is 20.7 Å². The lowest BCUT2D eigenvalue weighted by atomic mass is 9.78. The van der Waals surface area contributed by atoms with Crippen LogP contribution in [-0.2, 0) is 57.1 Å². The van der Waals surface area contributed by atoms with E-state index in [1.165, 1.54) is 53.0 Å². The summed E-state index contributed by atoms with van der Waals surface area (Å²) in [6.45, 7) is 15.1. The largest absolute Gasteiger partial charge is 0.507 e. The van der Waals surface area contributed by atoms with Crippen molar-refractivity contribution in [3.05, 3.63) is 69.0 Å². The number of aliphatic hydroxyl groups excluding tert-OH is 2. The molecular weight excluding hydrogens is 1020 g/mol. The number of allylic oxidation sites excluding steroid dienone is 4. The molecule has 5 aliphatic rings. The van der Waals surface area contributed by atoms with Crippen LogP contribution in [0.2, 0.25) is 0 Å². The van der Waals surface area contributed by atoms with E-state index in [9.17, 15) is 53.7 Å². The molecule has 6 rings (SSSR count). The lowest BCUT2D eigenvalue weighted by Gasteiger charge is -2.40. The molecule has 1 aliphatic carbocycles. The number of amides is 1. The number of phenolic OH excluding ortho intramolecular Hbond substituents is 1. The van der Waals surface area contributed by atoms with E-state index in [4.69, 9.17) is 50.1 Å². The Morgan fingerprint density at radius 3 is 2.05 bits per heavy atom. The lowest BCUT2D eigenvalue weighted by molar-refractivity contribution is -0.227. The molecule has 24 heteroatoms. The van der Waals surface area contributed by atoms with Crippen molar-refractivity contribution in [2.75, 3.05) is 26.0 Å². The number of methoxy groups -OCH3 is 1. The molecule has 22 nitrogen and oxygen atoms in total. The van der Waals surface area contributed by atoms with E-state index >= 15 is 0 Å². The maximum atomic E-state index is 14.9. The Kier molecular flexibility index (Phi) is 20.0. The quantitative estimate of drug-likeness (QED) is 0.0847. The lowest BCUT2D eigenvalue weighted by Crippen LogP contribution is -2.63. The van der Waals surface area contributed by atoms with Gasteiger partial charge in [0.1, 0.15) is 23.3 Å². The maximum Gasteiger partial charge on any atom is 0.312 e. The molecule has 410 valence electrons. The Labute approximate surface area is 443 Å². The summed E-state index contributed by atoms with van der Waals surface area (Å²) >= 11 is 6.30. The number of thioether (sulfide) groups is 1. The van der Waals surface area contributed by atoms with Crippen molar-refractivity contribution in [3.8, 4) is 11.5 Å². The van der Waals surface area contributed by atoms with Gasteiger partial charge in [0.2, 0.25) is 11.6 Å². The third-order valence-electron chi connectivity index (χ3n) is 13.2. The van der Waals surface area contributed by atoms with Crippen LogP contribution >= 0.6 is 24.0 Å². The summed E-state index contributed by atoms with van der Waals surface area (Å²) in [4.78, 5) is 106. The summed E-state index contributed by atoms with van der Waals surface area (Å²) in [6.07, 6.45) is -2.11. The zero-order valence-electron chi connectivity index (χ0n) is 43.6. The van der Waals surface area contributed by atoms with Gasteiger partial charge in [-0.25, -0.2) is 0 Å². The van der Waals surface area contributed by atoms with Crippen LogP contribution in [0.3, 0.4) is 0 Å². The van der Waals surface area contributed by atoms with Crippen molar-refractivity contribution in [3.63, 3.8) is 0 Å².